The number of para-hydroxylation sites is 1. The quantitative estimate of drug-likeness (QED) is 0.631. The van der Waals surface area contributed by atoms with Gasteiger partial charge in [-0.1, -0.05) is 42.2 Å². The molecule has 22 heavy (non-hydrogen) atoms. The molecule has 1 fully saturated rings. The number of carbonyl (C=O) groups excluding carboxylic acids is 1. The van der Waals surface area contributed by atoms with E-state index in [4.69, 9.17) is 21.4 Å². The Labute approximate surface area is 137 Å². The number of nitrogens with zero attached hydrogens (tertiary/aromatic N) is 1. The molecule has 4 nitrogen and oxygen atoms in total. The first kappa shape index (κ1) is 14.9. The maximum Gasteiger partial charge on any atom is 0.266 e. The molecule has 2 aromatic rings. The molecule has 1 aromatic heterocycles. The van der Waals surface area contributed by atoms with Gasteiger partial charge in [0.15, 0.2) is 0 Å². The van der Waals surface area contributed by atoms with Gasteiger partial charge in [0.2, 0.25) is 0 Å². The number of ether oxygens (including phenoxy) is 1. The number of methoxy groups -OCH3 is 1. The van der Waals surface area contributed by atoms with Crippen molar-refractivity contribution in [2.24, 2.45) is 0 Å². The molecule has 1 aliphatic rings. The first-order valence-corrected chi connectivity index (χ1v) is 7.82. The van der Waals surface area contributed by atoms with E-state index in [1.54, 1.807) is 30.4 Å². The Morgan fingerprint density at radius 2 is 2.14 bits per heavy atom. The molecule has 112 valence electrons. The second kappa shape index (κ2) is 6.37. The number of carbonyl (C=O) groups is 1. The van der Waals surface area contributed by atoms with Crippen LogP contribution in [-0.4, -0.2) is 22.2 Å². The zero-order valence-electron chi connectivity index (χ0n) is 11.8. The zero-order valence-corrected chi connectivity index (χ0v) is 13.4. The van der Waals surface area contributed by atoms with Gasteiger partial charge in [0.05, 0.1) is 24.8 Å². The van der Waals surface area contributed by atoms with Crippen LogP contribution in [0, 0.1) is 0 Å². The summed E-state index contributed by atoms with van der Waals surface area (Å²) < 4.78 is 11.1. The zero-order chi connectivity index (χ0) is 15.5. The lowest BCUT2D eigenvalue weighted by Gasteiger charge is -2.12. The molecule has 0 saturated carbocycles. The summed E-state index contributed by atoms with van der Waals surface area (Å²) in [5, 5.41) is 0. The van der Waals surface area contributed by atoms with Crippen molar-refractivity contribution < 1.29 is 13.9 Å². The number of hydrogen-bond acceptors (Lipinski definition) is 5. The second-order valence-electron chi connectivity index (χ2n) is 4.59. The van der Waals surface area contributed by atoms with Crippen LogP contribution in [0.15, 0.2) is 52.0 Å². The highest BCUT2D eigenvalue weighted by atomic mass is 32.2. The number of thioether (sulfide) groups is 1. The highest BCUT2D eigenvalue weighted by Crippen LogP contribution is 2.35. The van der Waals surface area contributed by atoms with Crippen molar-refractivity contribution in [3.63, 3.8) is 0 Å². The van der Waals surface area contributed by atoms with Crippen LogP contribution < -0.4 is 4.74 Å². The van der Waals surface area contributed by atoms with Crippen LogP contribution in [-0.2, 0) is 11.3 Å². The molecule has 0 bridgehead atoms. The Kier molecular flexibility index (Phi) is 4.31. The van der Waals surface area contributed by atoms with Crippen LogP contribution in [0.1, 0.15) is 11.3 Å². The van der Waals surface area contributed by atoms with Crippen LogP contribution in [0.5, 0.6) is 5.75 Å². The van der Waals surface area contributed by atoms with Crippen molar-refractivity contribution in [1.82, 2.24) is 4.90 Å². The van der Waals surface area contributed by atoms with Crippen molar-refractivity contribution in [2.45, 2.75) is 6.54 Å². The third-order valence-electron chi connectivity index (χ3n) is 3.19. The maximum absolute atomic E-state index is 12.5. The van der Waals surface area contributed by atoms with Crippen molar-refractivity contribution in [1.29, 1.82) is 0 Å². The molecule has 0 unspecified atom stereocenters. The summed E-state index contributed by atoms with van der Waals surface area (Å²) in [7, 11) is 1.61. The smallest absolute Gasteiger partial charge is 0.266 e. The largest absolute Gasteiger partial charge is 0.496 e. The first-order chi connectivity index (χ1) is 10.7. The molecule has 0 N–H and O–H groups in total. The molecular weight excluding hydrogens is 318 g/mol. The molecule has 0 atom stereocenters. The molecular formula is C16H13NO3S2. The SMILES string of the molecule is COc1ccccc1/C=C1/SC(=S)N(Cc2ccco2)C1=O. The van der Waals surface area contributed by atoms with Crippen LogP contribution >= 0.6 is 24.0 Å². The fourth-order valence-electron chi connectivity index (χ4n) is 2.12. The topological polar surface area (TPSA) is 42.7 Å². The summed E-state index contributed by atoms with van der Waals surface area (Å²) >= 11 is 6.59. The number of hydrogen-bond donors (Lipinski definition) is 0. The summed E-state index contributed by atoms with van der Waals surface area (Å²) in [5.74, 6) is 1.31. The predicted molar refractivity (Wildman–Crippen MR) is 90.4 cm³/mol. The monoisotopic (exact) mass is 331 g/mol. The van der Waals surface area contributed by atoms with Crippen LogP contribution in [0.3, 0.4) is 0 Å². The molecule has 6 heteroatoms. The van der Waals surface area contributed by atoms with Crippen molar-refractivity contribution in [3.05, 3.63) is 58.9 Å². The van der Waals surface area contributed by atoms with E-state index >= 15 is 0 Å². The fourth-order valence-corrected chi connectivity index (χ4v) is 3.37. The minimum atomic E-state index is -0.114. The van der Waals surface area contributed by atoms with E-state index in [2.05, 4.69) is 0 Å². The lowest BCUT2D eigenvalue weighted by atomic mass is 10.2. The summed E-state index contributed by atoms with van der Waals surface area (Å²) in [5.41, 5.74) is 0.850. The van der Waals surface area contributed by atoms with Gasteiger partial charge in [-0.05, 0) is 24.3 Å². The van der Waals surface area contributed by atoms with Gasteiger partial charge in [-0.3, -0.25) is 9.69 Å². The average molecular weight is 331 g/mol. The van der Waals surface area contributed by atoms with Crippen LogP contribution in [0.2, 0.25) is 0 Å². The Bertz CT molecular complexity index is 738. The van der Waals surface area contributed by atoms with Gasteiger partial charge in [0.25, 0.3) is 5.91 Å². The normalized spacial score (nSPS) is 16.6. The minimum Gasteiger partial charge on any atom is -0.496 e. The third-order valence-corrected chi connectivity index (χ3v) is 4.57. The average Bonchev–Trinajstić information content (AvgIpc) is 3.12. The van der Waals surface area contributed by atoms with E-state index < -0.39 is 0 Å². The maximum atomic E-state index is 12.5. The molecule has 0 spiro atoms. The van der Waals surface area contributed by atoms with Crippen molar-refractivity contribution in [2.75, 3.05) is 7.11 Å². The highest BCUT2D eigenvalue weighted by Gasteiger charge is 2.32. The number of amides is 1. The molecule has 1 amide bonds. The standard InChI is InChI=1S/C16H13NO3S2/c1-19-13-7-3-2-5-11(13)9-14-15(18)17(16(21)22-14)10-12-6-4-8-20-12/h2-9H,10H2,1H3/b14-9+. The minimum absolute atomic E-state index is 0.114. The Morgan fingerprint density at radius 3 is 2.86 bits per heavy atom. The number of furan rings is 1. The van der Waals surface area contributed by atoms with Crippen molar-refractivity contribution >= 4 is 40.3 Å². The van der Waals surface area contributed by atoms with Gasteiger partial charge in [0, 0.05) is 5.56 Å². The Balaban J connectivity index is 1.85. The highest BCUT2D eigenvalue weighted by molar-refractivity contribution is 8.26. The summed E-state index contributed by atoms with van der Waals surface area (Å²) in [6.07, 6.45) is 3.39. The van der Waals surface area contributed by atoms with E-state index in [1.807, 2.05) is 30.3 Å². The van der Waals surface area contributed by atoms with Crippen LogP contribution in [0.4, 0.5) is 0 Å². The van der Waals surface area contributed by atoms with Gasteiger partial charge >= 0.3 is 0 Å². The molecule has 0 radical (unpaired) electrons. The molecule has 3 rings (SSSR count). The number of thiocarbonyl (C=S) groups is 1. The van der Waals surface area contributed by atoms with Crippen LogP contribution in [0.25, 0.3) is 6.08 Å². The number of benzene rings is 1. The summed E-state index contributed by atoms with van der Waals surface area (Å²) in [4.78, 5) is 14.6. The lowest BCUT2D eigenvalue weighted by molar-refractivity contribution is -0.122. The first-order valence-electron chi connectivity index (χ1n) is 6.60. The Morgan fingerprint density at radius 1 is 1.32 bits per heavy atom. The molecule has 0 aliphatic carbocycles. The van der Waals surface area contributed by atoms with E-state index in [-0.39, 0.29) is 5.91 Å². The molecule has 1 saturated heterocycles. The van der Waals surface area contributed by atoms with Gasteiger partial charge in [-0.15, -0.1) is 0 Å². The van der Waals surface area contributed by atoms with E-state index in [0.717, 1.165) is 11.3 Å². The van der Waals surface area contributed by atoms with E-state index in [0.29, 0.717) is 21.5 Å². The molecule has 1 aromatic carbocycles. The van der Waals surface area contributed by atoms with Gasteiger partial charge < -0.3 is 9.15 Å². The van der Waals surface area contributed by atoms with Gasteiger partial charge in [0.1, 0.15) is 15.8 Å². The predicted octanol–water partition coefficient (Wildman–Crippen LogP) is 3.69. The molecule has 2 heterocycles. The fraction of sp³-hybridized carbons (Fsp3) is 0.125. The van der Waals surface area contributed by atoms with E-state index in [1.165, 1.54) is 11.8 Å². The van der Waals surface area contributed by atoms with Crippen molar-refractivity contribution in [3.8, 4) is 5.75 Å². The van der Waals surface area contributed by atoms with E-state index in [9.17, 15) is 4.79 Å². The lowest BCUT2D eigenvalue weighted by Crippen LogP contribution is -2.27. The second-order valence-corrected chi connectivity index (χ2v) is 6.26. The molecule has 1 aliphatic heterocycles. The summed E-state index contributed by atoms with van der Waals surface area (Å²) in [6, 6.07) is 11.2. The third kappa shape index (κ3) is 2.93. The number of rotatable bonds is 4. The Hall–Kier alpha value is -2.05. The summed E-state index contributed by atoms with van der Waals surface area (Å²) in [6.45, 7) is 0.348. The van der Waals surface area contributed by atoms with Gasteiger partial charge in [-0.25, -0.2) is 0 Å². The van der Waals surface area contributed by atoms with Gasteiger partial charge in [-0.2, -0.15) is 0 Å².